The predicted octanol–water partition coefficient (Wildman–Crippen LogP) is 2.96. The molecule has 2 aliphatic rings. The van der Waals surface area contributed by atoms with Crippen molar-refractivity contribution in [1.29, 1.82) is 0 Å². The molecule has 2 rings (SSSR count). The fourth-order valence-corrected chi connectivity index (χ4v) is 4.31. The number of hydrogen-bond donors (Lipinski definition) is 2. The lowest BCUT2D eigenvalue weighted by molar-refractivity contribution is -0.139. The average molecular weight is 326 g/mol. The van der Waals surface area contributed by atoms with Crippen LogP contribution in [0.4, 0.5) is 4.79 Å². The Morgan fingerprint density at radius 1 is 1.27 bits per heavy atom. The van der Waals surface area contributed by atoms with Crippen LogP contribution in [0.25, 0.3) is 0 Å². The second-order valence-corrected chi connectivity index (χ2v) is 7.03. The Kier molecular flexibility index (Phi) is 6.61. The molecule has 1 heterocycles. The van der Waals surface area contributed by atoms with Crippen molar-refractivity contribution in [3.8, 4) is 0 Å². The lowest BCUT2D eigenvalue weighted by Crippen LogP contribution is -2.50. The highest BCUT2D eigenvalue weighted by molar-refractivity contribution is 8.00. The molecule has 1 saturated carbocycles. The van der Waals surface area contributed by atoms with Crippen LogP contribution in [0.15, 0.2) is 11.3 Å². The van der Waals surface area contributed by atoms with Crippen LogP contribution >= 0.6 is 11.8 Å². The van der Waals surface area contributed by atoms with Crippen molar-refractivity contribution in [3.63, 3.8) is 0 Å². The molecule has 0 spiro atoms. The fraction of sp³-hybridized carbons (Fsp3) is 0.750. The summed E-state index contributed by atoms with van der Waals surface area (Å²) in [5.41, 5.74) is 1.32. The van der Waals surface area contributed by atoms with E-state index in [1.807, 2.05) is 18.7 Å². The maximum absolute atomic E-state index is 12.3. The first-order chi connectivity index (χ1) is 10.7. The number of ether oxygens (including phenoxy) is 1. The number of carbonyl (C=O) groups excluding carboxylic acids is 2. The number of esters is 1. The third-order valence-corrected chi connectivity index (χ3v) is 5.56. The van der Waals surface area contributed by atoms with Crippen LogP contribution in [0.1, 0.15) is 52.4 Å². The molecule has 0 unspecified atom stereocenters. The van der Waals surface area contributed by atoms with E-state index in [9.17, 15) is 9.59 Å². The first-order valence-corrected chi connectivity index (χ1v) is 9.29. The van der Waals surface area contributed by atoms with Crippen molar-refractivity contribution in [2.24, 2.45) is 0 Å². The number of hydrogen-bond acceptors (Lipinski definition) is 4. The van der Waals surface area contributed by atoms with Crippen molar-refractivity contribution < 1.29 is 14.3 Å². The molecule has 1 fully saturated rings. The van der Waals surface area contributed by atoms with Crippen LogP contribution in [-0.2, 0) is 9.53 Å². The average Bonchev–Trinajstić information content (AvgIpc) is 2.53. The first kappa shape index (κ1) is 17.2. The summed E-state index contributed by atoms with van der Waals surface area (Å²) in [4.78, 5) is 24.1. The maximum Gasteiger partial charge on any atom is 0.337 e. The molecule has 0 aromatic carbocycles. The lowest BCUT2D eigenvalue weighted by Gasteiger charge is -2.29. The summed E-state index contributed by atoms with van der Waals surface area (Å²) in [7, 11) is 0. The Labute approximate surface area is 136 Å². The Balaban J connectivity index is 2.11. The minimum absolute atomic E-state index is 0.223. The number of carbonyl (C=O) groups is 2. The number of thioether (sulfide) groups is 1. The quantitative estimate of drug-likeness (QED) is 0.736. The molecular weight excluding hydrogens is 300 g/mol. The molecule has 0 saturated heterocycles. The zero-order valence-electron chi connectivity index (χ0n) is 13.4. The van der Waals surface area contributed by atoms with Gasteiger partial charge in [-0.15, -0.1) is 0 Å². The molecule has 2 N–H and O–H groups in total. The molecule has 124 valence electrons. The smallest absolute Gasteiger partial charge is 0.337 e. The summed E-state index contributed by atoms with van der Waals surface area (Å²) in [5.74, 6) is 0.351. The van der Waals surface area contributed by atoms with Crippen molar-refractivity contribution in [2.45, 2.75) is 63.7 Å². The Morgan fingerprint density at radius 2 is 2.00 bits per heavy atom. The number of rotatable bonds is 6. The van der Waals surface area contributed by atoms with Gasteiger partial charge in [-0.2, -0.15) is 11.8 Å². The molecule has 1 aliphatic heterocycles. The number of nitrogens with one attached hydrogen (secondary N) is 2. The van der Waals surface area contributed by atoms with Crippen molar-refractivity contribution in [3.05, 3.63) is 11.3 Å². The molecule has 5 nitrogen and oxygen atoms in total. The van der Waals surface area contributed by atoms with Crippen LogP contribution in [0.3, 0.4) is 0 Å². The van der Waals surface area contributed by atoms with Gasteiger partial charge < -0.3 is 15.4 Å². The van der Waals surface area contributed by atoms with E-state index in [1.165, 1.54) is 32.1 Å². The van der Waals surface area contributed by atoms with E-state index in [4.69, 9.17) is 4.74 Å². The summed E-state index contributed by atoms with van der Waals surface area (Å²) in [6, 6.07) is -0.478. The minimum Gasteiger partial charge on any atom is -0.463 e. The predicted molar refractivity (Wildman–Crippen MR) is 88.7 cm³/mol. The van der Waals surface area contributed by atoms with Crippen LogP contribution in [0.5, 0.6) is 0 Å². The van der Waals surface area contributed by atoms with E-state index in [1.54, 1.807) is 6.92 Å². The summed E-state index contributed by atoms with van der Waals surface area (Å²) in [6.07, 6.45) is 7.04. The van der Waals surface area contributed by atoms with Crippen LogP contribution in [0, 0.1) is 0 Å². The summed E-state index contributed by atoms with van der Waals surface area (Å²) in [5, 5.41) is 6.26. The van der Waals surface area contributed by atoms with Gasteiger partial charge in [0, 0.05) is 16.7 Å². The van der Waals surface area contributed by atoms with Crippen LogP contribution in [0.2, 0.25) is 0 Å². The van der Waals surface area contributed by atoms with Gasteiger partial charge in [0.15, 0.2) is 0 Å². The molecule has 0 aromatic heterocycles. The first-order valence-electron chi connectivity index (χ1n) is 8.25. The second kappa shape index (κ2) is 8.46. The monoisotopic (exact) mass is 326 g/mol. The summed E-state index contributed by atoms with van der Waals surface area (Å²) in [6.45, 7) is 4.10. The van der Waals surface area contributed by atoms with Gasteiger partial charge in [-0.05, 0) is 26.2 Å². The van der Waals surface area contributed by atoms with Gasteiger partial charge in [-0.1, -0.05) is 26.2 Å². The Morgan fingerprint density at radius 3 is 2.64 bits per heavy atom. The highest BCUT2D eigenvalue weighted by Gasteiger charge is 2.31. The topological polar surface area (TPSA) is 67.4 Å². The molecule has 0 aromatic rings. The van der Waals surface area contributed by atoms with Crippen LogP contribution in [-0.4, -0.2) is 35.7 Å². The molecular formula is C16H26N2O3S. The third-order valence-electron chi connectivity index (χ3n) is 4.16. The number of urea groups is 1. The van der Waals surface area contributed by atoms with E-state index in [0.717, 1.165) is 5.70 Å². The lowest BCUT2D eigenvalue weighted by atomic mass is 10.0. The van der Waals surface area contributed by atoms with Crippen LogP contribution < -0.4 is 10.6 Å². The number of amides is 2. The molecule has 22 heavy (non-hydrogen) atoms. The molecule has 1 atom stereocenters. The molecule has 2 amide bonds. The fourth-order valence-electron chi connectivity index (χ4n) is 3.01. The van der Waals surface area contributed by atoms with E-state index < -0.39 is 0 Å². The largest absolute Gasteiger partial charge is 0.463 e. The van der Waals surface area contributed by atoms with Crippen molar-refractivity contribution >= 4 is 23.8 Å². The van der Waals surface area contributed by atoms with Gasteiger partial charge in [0.2, 0.25) is 0 Å². The molecule has 1 aliphatic carbocycles. The van der Waals surface area contributed by atoms with Crippen molar-refractivity contribution in [2.75, 3.05) is 12.4 Å². The maximum atomic E-state index is 12.3. The summed E-state index contributed by atoms with van der Waals surface area (Å²) < 4.78 is 5.17. The van der Waals surface area contributed by atoms with E-state index in [-0.39, 0.29) is 18.0 Å². The summed E-state index contributed by atoms with van der Waals surface area (Å²) >= 11 is 1.85. The zero-order valence-corrected chi connectivity index (χ0v) is 14.3. The van der Waals surface area contributed by atoms with E-state index in [0.29, 0.717) is 29.6 Å². The van der Waals surface area contributed by atoms with Crippen molar-refractivity contribution in [1.82, 2.24) is 10.6 Å². The van der Waals surface area contributed by atoms with Gasteiger partial charge in [0.25, 0.3) is 0 Å². The normalized spacial score (nSPS) is 23.0. The Hall–Kier alpha value is -1.17. The van der Waals surface area contributed by atoms with Gasteiger partial charge in [0.05, 0.1) is 18.2 Å². The third kappa shape index (κ3) is 4.41. The standard InChI is InChI=1S/C16H26N2O3S/c1-3-12-14(15(19)21-4-2)13(18-16(20)17-12)10-22-11-8-6-5-7-9-11/h11-12H,3-10H2,1-2H3,(H2,17,18,20)/t12-/m1/s1. The van der Waals surface area contributed by atoms with E-state index in [2.05, 4.69) is 10.6 Å². The van der Waals surface area contributed by atoms with Gasteiger partial charge in [-0.3, -0.25) is 0 Å². The van der Waals surface area contributed by atoms with E-state index >= 15 is 0 Å². The van der Waals surface area contributed by atoms with Gasteiger partial charge in [0.1, 0.15) is 0 Å². The molecule has 0 bridgehead atoms. The van der Waals surface area contributed by atoms with Gasteiger partial charge in [-0.25, -0.2) is 9.59 Å². The highest BCUT2D eigenvalue weighted by Crippen LogP contribution is 2.30. The molecule has 0 radical (unpaired) electrons. The Bertz CT molecular complexity index is 445. The minimum atomic E-state index is -0.318. The zero-order chi connectivity index (χ0) is 15.9. The highest BCUT2D eigenvalue weighted by atomic mass is 32.2. The second-order valence-electron chi connectivity index (χ2n) is 5.74. The molecule has 6 heteroatoms. The SMILES string of the molecule is CCOC(=O)C1=C(CSC2CCCCC2)NC(=O)N[C@@H]1CC. The van der Waals surface area contributed by atoms with Gasteiger partial charge >= 0.3 is 12.0 Å².